The Balaban J connectivity index is 1.75. The molecule has 0 heterocycles. The molecule has 1 aliphatic carbocycles. The lowest BCUT2D eigenvalue weighted by molar-refractivity contribution is 0.712. The van der Waals surface area contributed by atoms with Crippen molar-refractivity contribution in [1.82, 2.24) is 0 Å². The van der Waals surface area contributed by atoms with E-state index in [0.717, 1.165) is 5.75 Å². The van der Waals surface area contributed by atoms with Gasteiger partial charge in [0.05, 0.1) is 0 Å². The SMILES string of the molecule is C1=C(/C=C\SCc2ccccc2)CCCC1. The number of allylic oxidation sites excluding steroid dienone is 3. The molecular weight excluding hydrogens is 212 g/mol. The second-order valence-electron chi connectivity index (χ2n) is 4.12. The summed E-state index contributed by atoms with van der Waals surface area (Å²) < 4.78 is 0. The van der Waals surface area contributed by atoms with Crippen molar-refractivity contribution in [1.29, 1.82) is 0 Å². The highest BCUT2D eigenvalue weighted by Gasteiger charge is 1.99. The molecule has 0 aromatic heterocycles. The van der Waals surface area contributed by atoms with Crippen LogP contribution in [0.2, 0.25) is 0 Å². The highest BCUT2D eigenvalue weighted by Crippen LogP contribution is 2.20. The third-order valence-electron chi connectivity index (χ3n) is 2.80. The van der Waals surface area contributed by atoms with Crippen molar-refractivity contribution in [2.45, 2.75) is 31.4 Å². The molecule has 1 heteroatoms. The van der Waals surface area contributed by atoms with Gasteiger partial charge in [0, 0.05) is 5.75 Å². The van der Waals surface area contributed by atoms with Crippen LogP contribution in [0.15, 0.2) is 53.5 Å². The Morgan fingerprint density at radius 1 is 1.12 bits per heavy atom. The van der Waals surface area contributed by atoms with E-state index in [0.29, 0.717) is 0 Å². The molecule has 0 saturated heterocycles. The molecule has 0 amide bonds. The minimum atomic E-state index is 1.07. The van der Waals surface area contributed by atoms with E-state index in [2.05, 4.69) is 47.9 Å². The van der Waals surface area contributed by atoms with Gasteiger partial charge in [0.2, 0.25) is 0 Å². The largest absolute Gasteiger partial charge is 0.129 e. The molecule has 16 heavy (non-hydrogen) atoms. The first-order valence-corrected chi connectivity index (χ1v) is 7.01. The van der Waals surface area contributed by atoms with Gasteiger partial charge >= 0.3 is 0 Å². The third-order valence-corrected chi connectivity index (χ3v) is 3.63. The van der Waals surface area contributed by atoms with Gasteiger partial charge in [-0.05, 0) is 36.7 Å². The van der Waals surface area contributed by atoms with Gasteiger partial charge in [0.25, 0.3) is 0 Å². The Morgan fingerprint density at radius 3 is 2.75 bits per heavy atom. The van der Waals surface area contributed by atoms with Crippen molar-refractivity contribution in [2.75, 3.05) is 0 Å². The Labute approximate surface area is 102 Å². The average Bonchev–Trinajstić information content (AvgIpc) is 2.37. The summed E-state index contributed by atoms with van der Waals surface area (Å²) in [4.78, 5) is 0. The van der Waals surface area contributed by atoms with Crippen LogP contribution in [-0.4, -0.2) is 0 Å². The van der Waals surface area contributed by atoms with E-state index in [1.54, 1.807) is 0 Å². The fourth-order valence-electron chi connectivity index (χ4n) is 1.87. The summed E-state index contributed by atoms with van der Waals surface area (Å²) in [7, 11) is 0. The quantitative estimate of drug-likeness (QED) is 0.706. The van der Waals surface area contributed by atoms with Gasteiger partial charge in [0.15, 0.2) is 0 Å². The normalized spacial score (nSPS) is 16.4. The maximum Gasteiger partial charge on any atom is 0.0226 e. The van der Waals surface area contributed by atoms with E-state index in [-0.39, 0.29) is 0 Å². The lowest BCUT2D eigenvalue weighted by Gasteiger charge is -2.07. The Morgan fingerprint density at radius 2 is 2.00 bits per heavy atom. The first kappa shape index (κ1) is 11.5. The third kappa shape index (κ3) is 3.90. The lowest BCUT2D eigenvalue weighted by Crippen LogP contribution is -1.87. The van der Waals surface area contributed by atoms with E-state index in [1.165, 1.54) is 36.8 Å². The molecule has 0 saturated carbocycles. The summed E-state index contributed by atoms with van der Waals surface area (Å²) in [6.45, 7) is 0. The smallest absolute Gasteiger partial charge is 0.0226 e. The van der Waals surface area contributed by atoms with Crippen LogP contribution in [0.4, 0.5) is 0 Å². The molecule has 0 unspecified atom stereocenters. The summed E-state index contributed by atoms with van der Waals surface area (Å²) in [6, 6.07) is 10.6. The molecule has 84 valence electrons. The van der Waals surface area contributed by atoms with Gasteiger partial charge in [0.1, 0.15) is 0 Å². The van der Waals surface area contributed by atoms with Crippen LogP contribution in [0.3, 0.4) is 0 Å². The zero-order valence-corrected chi connectivity index (χ0v) is 10.4. The van der Waals surface area contributed by atoms with Gasteiger partial charge < -0.3 is 0 Å². The predicted molar refractivity (Wildman–Crippen MR) is 73.4 cm³/mol. The number of hydrogen-bond acceptors (Lipinski definition) is 1. The molecule has 0 spiro atoms. The molecule has 0 nitrogen and oxygen atoms in total. The van der Waals surface area contributed by atoms with Crippen LogP contribution in [0.5, 0.6) is 0 Å². The molecule has 0 N–H and O–H groups in total. The summed E-state index contributed by atoms with van der Waals surface area (Å²) >= 11 is 1.88. The fraction of sp³-hybridized carbons (Fsp3) is 0.333. The molecule has 0 aliphatic heterocycles. The summed E-state index contributed by atoms with van der Waals surface area (Å²) in [6.07, 6.45) is 9.93. The van der Waals surface area contributed by atoms with Crippen molar-refractivity contribution in [3.63, 3.8) is 0 Å². The van der Waals surface area contributed by atoms with E-state index in [9.17, 15) is 0 Å². The zero-order valence-electron chi connectivity index (χ0n) is 9.56. The zero-order chi connectivity index (χ0) is 11.1. The number of rotatable bonds is 4. The van der Waals surface area contributed by atoms with Gasteiger partial charge in [-0.1, -0.05) is 48.1 Å². The van der Waals surface area contributed by atoms with Crippen molar-refractivity contribution in [3.05, 3.63) is 59.0 Å². The Bertz CT molecular complexity index is 362. The molecule has 0 fully saturated rings. The number of hydrogen-bond donors (Lipinski definition) is 0. The lowest BCUT2D eigenvalue weighted by atomic mass is 10.0. The predicted octanol–water partition coefficient (Wildman–Crippen LogP) is 4.93. The number of thioether (sulfide) groups is 1. The molecule has 0 bridgehead atoms. The standard InChI is InChI=1S/C15H18S/c1-3-7-14(8-4-1)11-12-16-13-15-9-5-2-6-10-15/h2,5-7,9-12H,1,3-4,8,13H2/b12-11-. The average molecular weight is 230 g/mol. The number of benzene rings is 1. The minimum Gasteiger partial charge on any atom is -0.129 e. The molecular formula is C15H18S. The molecule has 2 rings (SSSR count). The van der Waals surface area contributed by atoms with Crippen molar-refractivity contribution in [3.8, 4) is 0 Å². The van der Waals surface area contributed by atoms with Crippen molar-refractivity contribution < 1.29 is 0 Å². The fourth-order valence-corrected chi connectivity index (χ4v) is 2.62. The van der Waals surface area contributed by atoms with Crippen LogP contribution in [-0.2, 0) is 5.75 Å². The molecule has 0 radical (unpaired) electrons. The minimum absolute atomic E-state index is 1.07. The van der Waals surface area contributed by atoms with Crippen LogP contribution in [0.25, 0.3) is 0 Å². The van der Waals surface area contributed by atoms with Gasteiger partial charge in [-0.3, -0.25) is 0 Å². The molecule has 1 aliphatic rings. The second kappa shape index (κ2) is 6.59. The van der Waals surface area contributed by atoms with Gasteiger partial charge in [-0.15, -0.1) is 11.8 Å². The van der Waals surface area contributed by atoms with Gasteiger partial charge in [-0.25, -0.2) is 0 Å². The second-order valence-corrected chi connectivity index (χ2v) is 5.02. The Kier molecular flexibility index (Phi) is 4.75. The maximum atomic E-state index is 2.38. The van der Waals surface area contributed by atoms with Gasteiger partial charge in [-0.2, -0.15) is 0 Å². The highest BCUT2D eigenvalue weighted by atomic mass is 32.2. The molecule has 1 aromatic rings. The molecule has 0 atom stereocenters. The maximum absolute atomic E-state index is 2.38. The highest BCUT2D eigenvalue weighted by molar-refractivity contribution is 8.01. The van der Waals surface area contributed by atoms with E-state index in [4.69, 9.17) is 0 Å². The van der Waals surface area contributed by atoms with Crippen molar-refractivity contribution in [2.24, 2.45) is 0 Å². The van der Waals surface area contributed by atoms with Crippen LogP contribution in [0, 0.1) is 0 Å². The van der Waals surface area contributed by atoms with Crippen LogP contribution >= 0.6 is 11.8 Å². The monoisotopic (exact) mass is 230 g/mol. The van der Waals surface area contributed by atoms with E-state index in [1.807, 2.05) is 11.8 Å². The Hall–Kier alpha value is -0.950. The van der Waals surface area contributed by atoms with E-state index >= 15 is 0 Å². The van der Waals surface area contributed by atoms with Crippen LogP contribution < -0.4 is 0 Å². The summed E-state index contributed by atoms with van der Waals surface area (Å²) in [5.41, 5.74) is 2.92. The summed E-state index contributed by atoms with van der Waals surface area (Å²) in [5.74, 6) is 1.07. The van der Waals surface area contributed by atoms with Crippen molar-refractivity contribution >= 4 is 11.8 Å². The first-order valence-electron chi connectivity index (χ1n) is 5.96. The van der Waals surface area contributed by atoms with E-state index < -0.39 is 0 Å². The van der Waals surface area contributed by atoms with Crippen LogP contribution in [0.1, 0.15) is 31.2 Å². The topological polar surface area (TPSA) is 0 Å². The summed E-state index contributed by atoms with van der Waals surface area (Å²) in [5, 5.41) is 2.24. The first-order chi connectivity index (χ1) is 7.95. The molecule has 1 aromatic carbocycles.